The second-order valence-electron chi connectivity index (χ2n) is 8.43. The predicted octanol–water partition coefficient (Wildman–Crippen LogP) is 0.546. The standard InChI is InChI=1S/C19H27N7O2S/c1-25-11-14(10-22-25)13-2-3-16-15(8-13)19(24-23-16)17-9-18(21-12-20-17)26-4-6-29(27,28)7-5-26/h9-13,15-16,19,23-24H,2-8H2,1H3. The molecule has 1 aliphatic carbocycles. The van der Waals surface area contributed by atoms with Crippen molar-refractivity contribution >= 4 is 15.7 Å². The number of hydrogen-bond acceptors (Lipinski definition) is 8. The average Bonchev–Trinajstić information content (AvgIpc) is 3.34. The second-order valence-corrected chi connectivity index (χ2v) is 10.7. The van der Waals surface area contributed by atoms with Gasteiger partial charge in [-0.2, -0.15) is 5.10 Å². The van der Waals surface area contributed by atoms with Gasteiger partial charge in [-0.15, -0.1) is 0 Å². The number of nitrogens with one attached hydrogen (secondary N) is 2. The van der Waals surface area contributed by atoms with E-state index in [-0.39, 0.29) is 17.5 Å². The summed E-state index contributed by atoms with van der Waals surface area (Å²) in [5.74, 6) is 2.15. The lowest BCUT2D eigenvalue weighted by atomic mass is 9.73. The van der Waals surface area contributed by atoms with Crippen LogP contribution in [0.2, 0.25) is 0 Å². The zero-order valence-electron chi connectivity index (χ0n) is 16.5. The molecule has 4 heterocycles. The Morgan fingerprint density at radius 1 is 1.14 bits per heavy atom. The van der Waals surface area contributed by atoms with Gasteiger partial charge in [0.2, 0.25) is 0 Å². The molecule has 29 heavy (non-hydrogen) atoms. The number of nitrogens with zero attached hydrogens (tertiary/aromatic N) is 5. The number of fused-ring (bicyclic) bond motifs is 1. The lowest BCUT2D eigenvalue weighted by Gasteiger charge is -2.33. The van der Waals surface area contributed by atoms with E-state index in [0.29, 0.717) is 31.0 Å². The monoisotopic (exact) mass is 417 g/mol. The molecule has 4 unspecified atom stereocenters. The highest BCUT2D eigenvalue weighted by atomic mass is 32.2. The van der Waals surface area contributed by atoms with Crippen molar-refractivity contribution < 1.29 is 8.42 Å². The van der Waals surface area contributed by atoms with Crippen LogP contribution in [0, 0.1) is 5.92 Å². The summed E-state index contributed by atoms with van der Waals surface area (Å²) >= 11 is 0. The van der Waals surface area contributed by atoms with Gasteiger partial charge in [0.25, 0.3) is 0 Å². The molecule has 2 N–H and O–H groups in total. The van der Waals surface area contributed by atoms with Crippen molar-refractivity contribution in [2.24, 2.45) is 13.0 Å². The maximum atomic E-state index is 11.7. The minimum atomic E-state index is -2.91. The van der Waals surface area contributed by atoms with Crippen LogP contribution in [0.25, 0.3) is 0 Å². The quantitative estimate of drug-likeness (QED) is 0.746. The third-order valence-electron chi connectivity index (χ3n) is 6.61. The van der Waals surface area contributed by atoms with E-state index in [0.717, 1.165) is 30.8 Å². The summed E-state index contributed by atoms with van der Waals surface area (Å²) in [6.07, 6.45) is 9.08. The van der Waals surface area contributed by atoms with Gasteiger partial charge in [-0.3, -0.25) is 10.1 Å². The first-order valence-corrected chi connectivity index (χ1v) is 12.1. The number of rotatable bonds is 3. The molecule has 0 bridgehead atoms. The van der Waals surface area contributed by atoms with Crippen LogP contribution in [0.1, 0.15) is 42.5 Å². The summed E-state index contributed by atoms with van der Waals surface area (Å²) in [4.78, 5) is 11.0. The Balaban J connectivity index is 1.34. The summed E-state index contributed by atoms with van der Waals surface area (Å²) in [5.41, 5.74) is 9.21. The number of sulfone groups is 1. The molecule has 2 aliphatic heterocycles. The summed E-state index contributed by atoms with van der Waals surface area (Å²) in [6, 6.07) is 2.58. The van der Waals surface area contributed by atoms with E-state index < -0.39 is 9.84 Å². The van der Waals surface area contributed by atoms with Gasteiger partial charge in [0.05, 0.1) is 29.4 Å². The second kappa shape index (κ2) is 7.33. The number of hydrogen-bond donors (Lipinski definition) is 2. The highest BCUT2D eigenvalue weighted by Gasteiger charge is 2.42. The van der Waals surface area contributed by atoms with E-state index in [4.69, 9.17) is 0 Å². The van der Waals surface area contributed by atoms with Crippen LogP contribution in [-0.2, 0) is 16.9 Å². The molecule has 0 spiro atoms. The first kappa shape index (κ1) is 19.0. The maximum Gasteiger partial charge on any atom is 0.153 e. The van der Waals surface area contributed by atoms with Crippen molar-refractivity contribution in [2.75, 3.05) is 29.5 Å². The van der Waals surface area contributed by atoms with Crippen LogP contribution in [0.15, 0.2) is 24.8 Å². The Kier molecular flexibility index (Phi) is 4.79. The van der Waals surface area contributed by atoms with Crippen molar-refractivity contribution in [1.82, 2.24) is 30.6 Å². The summed E-state index contributed by atoms with van der Waals surface area (Å²) in [7, 11) is -0.947. The largest absolute Gasteiger partial charge is 0.354 e. The first-order valence-electron chi connectivity index (χ1n) is 10.3. The van der Waals surface area contributed by atoms with Crippen LogP contribution >= 0.6 is 0 Å². The average molecular weight is 418 g/mol. The minimum absolute atomic E-state index is 0.120. The van der Waals surface area contributed by atoms with E-state index in [1.54, 1.807) is 6.33 Å². The molecule has 0 aromatic carbocycles. The Labute approximate surface area is 170 Å². The molecule has 9 nitrogen and oxygen atoms in total. The molecule has 1 saturated carbocycles. The number of hydrazine groups is 1. The lowest BCUT2D eigenvalue weighted by molar-refractivity contribution is 0.276. The summed E-state index contributed by atoms with van der Waals surface area (Å²) in [5, 5.41) is 4.34. The van der Waals surface area contributed by atoms with Crippen molar-refractivity contribution in [3.63, 3.8) is 0 Å². The maximum absolute atomic E-state index is 11.7. The molecule has 2 aromatic heterocycles. The molecule has 156 valence electrons. The predicted molar refractivity (Wildman–Crippen MR) is 109 cm³/mol. The SMILES string of the molecule is Cn1cc(C2CCC3NNC(c4cc(N5CCS(=O)(=O)CC5)ncn4)C3C2)cn1. The Morgan fingerprint density at radius 3 is 2.72 bits per heavy atom. The van der Waals surface area contributed by atoms with Crippen LogP contribution in [0.3, 0.4) is 0 Å². The fraction of sp³-hybridized carbons (Fsp3) is 0.632. The van der Waals surface area contributed by atoms with Gasteiger partial charge in [-0.05, 0) is 36.7 Å². The Morgan fingerprint density at radius 2 is 1.97 bits per heavy atom. The minimum Gasteiger partial charge on any atom is -0.354 e. The van der Waals surface area contributed by atoms with Crippen LogP contribution in [0.5, 0.6) is 0 Å². The molecular formula is C19H27N7O2S. The molecule has 5 rings (SSSR count). The number of anilines is 1. The van der Waals surface area contributed by atoms with Crippen LogP contribution < -0.4 is 15.8 Å². The van der Waals surface area contributed by atoms with Crippen LogP contribution in [0.4, 0.5) is 5.82 Å². The van der Waals surface area contributed by atoms with Gasteiger partial charge in [0.15, 0.2) is 9.84 Å². The number of aryl methyl sites for hydroxylation is 1. The molecule has 2 aromatic rings. The van der Waals surface area contributed by atoms with E-state index in [1.165, 1.54) is 5.56 Å². The van der Waals surface area contributed by atoms with Gasteiger partial charge in [0, 0.05) is 38.4 Å². The third-order valence-corrected chi connectivity index (χ3v) is 8.22. The molecule has 0 radical (unpaired) electrons. The van der Waals surface area contributed by atoms with Crippen molar-refractivity contribution in [2.45, 2.75) is 37.3 Å². The van der Waals surface area contributed by atoms with Gasteiger partial charge < -0.3 is 4.90 Å². The van der Waals surface area contributed by atoms with Gasteiger partial charge in [-0.25, -0.2) is 23.8 Å². The van der Waals surface area contributed by atoms with Crippen molar-refractivity contribution in [3.05, 3.63) is 36.0 Å². The highest BCUT2D eigenvalue weighted by Crippen LogP contribution is 2.43. The molecule has 3 aliphatic rings. The van der Waals surface area contributed by atoms with Gasteiger partial charge >= 0.3 is 0 Å². The van der Waals surface area contributed by atoms with Gasteiger partial charge in [0.1, 0.15) is 12.1 Å². The Hall–Kier alpha value is -2.04. The van der Waals surface area contributed by atoms with Crippen LogP contribution in [-0.4, -0.2) is 58.8 Å². The van der Waals surface area contributed by atoms with E-state index in [1.807, 2.05) is 28.9 Å². The summed E-state index contributed by atoms with van der Waals surface area (Å²) < 4.78 is 25.3. The lowest BCUT2D eigenvalue weighted by Crippen LogP contribution is -2.40. The Bertz CT molecular complexity index is 978. The highest BCUT2D eigenvalue weighted by molar-refractivity contribution is 7.91. The molecule has 3 fully saturated rings. The third kappa shape index (κ3) is 3.76. The molecule has 10 heteroatoms. The first-order chi connectivity index (χ1) is 14.0. The smallest absolute Gasteiger partial charge is 0.153 e. The molecular weight excluding hydrogens is 390 g/mol. The van der Waals surface area contributed by atoms with Crippen molar-refractivity contribution in [1.29, 1.82) is 0 Å². The topological polar surface area (TPSA) is 105 Å². The van der Waals surface area contributed by atoms with E-state index in [9.17, 15) is 8.42 Å². The molecule has 4 atom stereocenters. The van der Waals surface area contributed by atoms with E-state index >= 15 is 0 Å². The van der Waals surface area contributed by atoms with Gasteiger partial charge in [-0.1, -0.05) is 0 Å². The zero-order chi connectivity index (χ0) is 20.0. The molecule has 2 saturated heterocycles. The van der Waals surface area contributed by atoms with Crippen molar-refractivity contribution in [3.8, 4) is 0 Å². The fourth-order valence-corrected chi connectivity index (χ4v) is 6.15. The van der Waals surface area contributed by atoms with E-state index in [2.05, 4.69) is 32.1 Å². The summed E-state index contributed by atoms with van der Waals surface area (Å²) in [6.45, 7) is 0.981. The normalized spacial score (nSPS) is 31.6. The zero-order valence-corrected chi connectivity index (χ0v) is 17.3. The molecule has 0 amide bonds. The fourth-order valence-electron chi connectivity index (χ4n) is 4.95. The number of aromatic nitrogens is 4.